The van der Waals surface area contributed by atoms with Crippen LogP contribution in [-0.4, -0.2) is 19.7 Å². The molecule has 3 heterocycles. The molecule has 0 spiro atoms. The third kappa shape index (κ3) is 3.70. The molecule has 0 unspecified atom stereocenters. The molecule has 3 aromatic heterocycles. The molecule has 0 bridgehead atoms. The summed E-state index contributed by atoms with van der Waals surface area (Å²) in [6.07, 6.45) is 4.02. The summed E-state index contributed by atoms with van der Waals surface area (Å²) < 4.78 is 21.8. The number of hydrogen-bond donors (Lipinski definition) is 0. The highest BCUT2D eigenvalue weighted by Gasteiger charge is 2.24. The first-order valence-electron chi connectivity index (χ1n) is 10.3. The van der Waals surface area contributed by atoms with E-state index in [1.165, 1.54) is 27.3 Å². The van der Waals surface area contributed by atoms with Gasteiger partial charge in [0.15, 0.2) is 5.16 Å². The van der Waals surface area contributed by atoms with Gasteiger partial charge < -0.3 is 4.42 Å². The van der Waals surface area contributed by atoms with Crippen LogP contribution in [0.5, 0.6) is 0 Å². The van der Waals surface area contributed by atoms with Crippen molar-refractivity contribution < 1.29 is 8.81 Å². The summed E-state index contributed by atoms with van der Waals surface area (Å²) in [5, 5.41) is 9.20. The Hall–Kier alpha value is -2.52. The summed E-state index contributed by atoms with van der Waals surface area (Å²) in [6.45, 7) is 3.96. The van der Waals surface area contributed by atoms with Gasteiger partial charge in [-0.15, -0.1) is 21.5 Å². The number of aryl methyl sites for hydroxylation is 2. The summed E-state index contributed by atoms with van der Waals surface area (Å²) in [7, 11) is 0. The Morgan fingerprint density at radius 2 is 2.03 bits per heavy atom. The number of benzene rings is 1. The summed E-state index contributed by atoms with van der Waals surface area (Å²) in [6, 6.07) is 6.30. The van der Waals surface area contributed by atoms with E-state index >= 15 is 0 Å². The SMILES string of the molecule is CC(C)c1nnc(CSc2nc3sc4c(c3c(=O)n2-c2ccccc2F)CCCC4)o1. The molecular weight excluding hydrogens is 435 g/mol. The van der Waals surface area contributed by atoms with Crippen LogP contribution in [0, 0.1) is 5.82 Å². The Morgan fingerprint density at radius 1 is 1.23 bits per heavy atom. The first-order chi connectivity index (χ1) is 15.0. The van der Waals surface area contributed by atoms with Crippen molar-refractivity contribution in [1.82, 2.24) is 19.7 Å². The fourth-order valence-electron chi connectivity index (χ4n) is 3.81. The molecule has 0 radical (unpaired) electrons. The van der Waals surface area contributed by atoms with Crippen LogP contribution in [0.4, 0.5) is 4.39 Å². The van der Waals surface area contributed by atoms with Gasteiger partial charge in [0.05, 0.1) is 16.8 Å². The number of nitrogens with zero attached hydrogens (tertiary/aromatic N) is 4. The average Bonchev–Trinajstić information content (AvgIpc) is 3.38. The number of rotatable bonds is 5. The first kappa shape index (κ1) is 20.4. The monoisotopic (exact) mass is 456 g/mol. The van der Waals surface area contributed by atoms with Gasteiger partial charge in [0.25, 0.3) is 5.56 Å². The van der Waals surface area contributed by atoms with Gasteiger partial charge in [0.2, 0.25) is 11.8 Å². The molecule has 1 aromatic carbocycles. The van der Waals surface area contributed by atoms with E-state index in [1.807, 2.05) is 13.8 Å². The first-order valence-corrected chi connectivity index (χ1v) is 12.1. The smallest absolute Gasteiger partial charge is 0.267 e. The van der Waals surface area contributed by atoms with Crippen LogP contribution >= 0.6 is 23.1 Å². The molecule has 1 aliphatic rings. The summed E-state index contributed by atoms with van der Waals surface area (Å²) >= 11 is 2.88. The zero-order chi connectivity index (χ0) is 21.5. The van der Waals surface area contributed by atoms with Crippen molar-refractivity contribution >= 4 is 33.3 Å². The van der Waals surface area contributed by atoms with E-state index in [0.29, 0.717) is 28.1 Å². The summed E-state index contributed by atoms with van der Waals surface area (Å²) in [5.74, 6) is 1.04. The molecule has 160 valence electrons. The topological polar surface area (TPSA) is 73.8 Å². The normalized spacial score (nSPS) is 13.8. The van der Waals surface area contributed by atoms with Crippen LogP contribution in [0.2, 0.25) is 0 Å². The molecule has 0 fully saturated rings. The lowest BCUT2D eigenvalue weighted by Crippen LogP contribution is -2.23. The number of thioether (sulfide) groups is 1. The van der Waals surface area contributed by atoms with Crippen molar-refractivity contribution in [2.75, 3.05) is 0 Å². The lowest BCUT2D eigenvalue weighted by Gasteiger charge is -2.13. The Kier molecular flexibility index (Phi) is 5.39. The summed E-state index contributed by atoms with van der Waals surface area (Å²) in [5.41, 5.74) is 1.07. The Labute approximate surface area is 186 Å². The van der Waals surface area contributed by atoms with E-state index in [9.17, 15) is 9.18 Å². The molecule has 1 aliphatic carbocycles. The Balaban J connectivity index is 1.64. The second-order valence-corrected chi connectivity index (χ2v) is 9.88. The van der Waals surface area contributed by atoms with Crippen LogP contribution in [-0.2, 0) is 18.6 Å². The van der Waals surface area contributed by atoms with E-state index in [1.54, 1.807) is 29.5 Å². The van der Waals surface area contributed by atoms with Crippen LogP contribution in [0.15, 0.2) is 38.6 Å². The molecular formula is C22H21FN4O2S2. The Bertz CT molecular complexity index is 1330. The number of halogens is 1. The highest BCUT2D eigenvalue weighted by molar-refractivity contribution is 7.98. The molecule has 0 aliphatic heterocycles. The van der Waals surface area contributed by atoms with Gasteiger partial charge in [-0.2, -0.15) is 0 Å². The molecule has 5 rings (SSSR count). The van der Waals surface area contributed by atoms with E-state index in [2.05, 4.69) is 10.2 Å². The second kappa shape index (κ2) is 8.20. The maximum Gasteiger partial charge on any atom is 0.267 e. The van der Waals surface area contributed by atoms with Crippen LogP contribution in [0.1, 0.15) is 54.8 Å². The minimum Gasteiger partial charge on any atom is -0.424 e. The minimum atomic E-state index is -0.461. The third-order valence-corrected chi connectivity index (χ3v) is 7.46. The van der Waals surface area contributed by atoms with Gasteiger partial charge >= 0.3 is 0 Å². The standard InChI is InChI=1S/C22H21FN4O2S2/c1-12(2)19-26-25-17(29-19)11-30-22-24-20-18(13-7-3-6-10-16(13)31-20)21(28)27(22)15-9-5-4-8-14(15)23/h4-5,8-9,12H,3,6-7,10-11H2,1-2H3. The molecule has 4 aromatic rings. The molecule has 0 saturated carbocycles. The van der Waals surface area contributed by atoms with Gasteiger partial charge in [-0.25, -0.2) is 9.37 Å². The number of fused-ring (bicyclic) bond motifs is 3. The predicted octanol–water partition coefficient (Wildman–Crippen LogP) is 5.26. The van der Waals surface area contributed by atoms with Crippen molar-refractivity contribution in [3.63, 3.8) is 0 Å². The van der Waals surface area contributed by atoms with Crippen molar-refractivity contribution in [3.8, 4) is 5.69 Å². The number of thiophene rings is 1. The average molecular weight is 457 g/mol. The third-order valence-electron chi connectivity index (χ3n) is 5.35. The fourth-order valence-corrected chi connectivity index (χ4v) is 5.96. The van der Waals surface area contributed by atoms with Gasteiger partial charge in [0.1, 0.15) is 10.6 Å². The molecule has 0 N–H and O–H groups in total. The van der Waals surface area contributed by atoms with E-state index in [0.717, 1.165) is 36.1 Å². The van der Waals surface area contributed by atoms with Gasteiger partial charge in [-0.05, 0) is 43.4 Å². The molecule has 0 amide bonds. The van der Waals surface area contributed by atoms with Crippen LogP contribution in [0.25, 0.3) is 15.9 Å². The fraction of sp³-hybridized carbons (Fsp3) is 0.364. The van der Waals surface area contributed by atoms with Crippen LogP contribution in [0.3, 0.4) is 0 Å². The molecule has 0 atom stereocenters. The minimum absolute atomic E-state index is 0.134. The maximum absolute atomic E-state index is 14.7. The number of para-hydroxylation sites is 1. The van der Waals surface area contributed by atoms with Gasteiger partial charge in [-0.3, -0.25) is 9.36 Å². The van der Waals surface area contributed by atoms with Crippen molar-refractivity contribution in [2.45, 2.75) is 56.4 Å². The van der Waals surface area contributed by atoms with E-state index < -0.39 is 5.82 Å². The molecule has 6 nitrogen and oxygen atoms in total. The highest BCUT2D eigenvalue weighted by Crippen LogP contribution is 2.35. The highest BCUT2D eigenvalue weighted by atomic mass is 32.2. The van der Waals surface area contributed by atoms with E-state index in [4.69, 9.17) is 9.40 Å². The molecule has 0 saturated heterocycles. The molecule has 31 heavy (non-hydrogen) atoms. The zero-order valence-electron chi connectivity index (χ0n) is 17.2. The zero-order valence-corrected chi connectivity index (χ0v) is 18.9. The lowest BCUT2D eigenvalue weighted by molar-refractivity contribution is 0.445. The van der Waals surface area contributed by atoms with Crippen LogP contribution < -0.4 is 5.56 Å². The molecule has 9 heteroatoms. The quantitative estimate of drug-likeness (QED) is 0.301. The van der Waals surface area contributed by atoms with Gasteiger partial charge in [0, 0.05) is 10.8 Å². The van der Waals surface area contributed by atoms with Crippen molar-refractivity contribution in [2.24, 2.45) is 0 Å². The van der Waals surface area contributed by atoms with Gasteiger partial charge in [-0.1, -0.05) is 37.7 Å². The largest absolute Gasteiger partial charge is 0.424 e. The summed E-state index contributed by atoms with van der Waals surface area (Å²) in [4.78, 5) is 20.4. The second-order valence-electron chi connectivity index (χ2n) is 7.85. The Morgan fingerprint density at radius 3 is 2.81 bits per heavy atom. The van der Waals surface area contributed by atoms with E-state index in [-0.39, 0.29) is 17.2 Å². The number of aromatic nitrogens is 4. The van der Waals surface area contributed by atoms with Crippen molar-refractivity contribution in [3.05, 3.63) is 62.7 Å². The van der Waals surface area contributed by atoms with Crippen molar-refractivity contribution in [1.29, 1.82) is 0 Å². The number of hydrogen-bond acceptors (Lipinski definition) is 7. The lowest BCUT2D eigenvalue weighted by atomic mass is 9.97. The maximum atomic E-state index is 14.7. The predicted molar refractivity (Wildman–Crippen MR) is 120 cm³/mol.